The Labute approximate surface area is 132 Å². The number of rotatable bonds is 4. The van der Waals surface area contributed by atoms with Crippen LogP contribution in [0, 0.1) is 0 Å². The number of carbonyl (C=O) groups excluding carboxylic acids is 1. The van der Waals surface area contributed by atoms with Crippen molar-refractivity contribution in [3.05, 3.63) is 64.8 Å². The van der Waals surface area contributed by atoms with Gasteiger partial charge in [0.1, 0.15) is 17.1 Å². The predicted molar refractivity (Wildman–Crippen MR) is 85.4 cm³/mol. The summed E-state index contributed by atoms with van der Waals surface area (Å²) in [4.78, 5) is 23.4. The Hall–Kier alpha value is -3.08. The first-order valence-electron chi connectivity index (χ1n) is 7.00. The second kappa shape index (κ2) is 6.36. The van der Waals surface area contributed by atoms with Gasteiger partial charge in [0.2, 0.25) is 0 Å². The molecule has 0 amide bonds. The molecule has 2 aromatic carbocycles. The summed E-state index contributed by atoms with van der Waals surface area (Å²) in [5.74, 6) is 0.422. The Bertz CT molecular complexity index is 896. The van der Waals surface area contributed by atoms with Gasteiger partial charge in [-0.2, -0.15) is 0 Å². The molecule has 5 heteroatoms. The van der Waals surface area contributed by atoms with Crippen molar-refractivity contribution in [2.45, 2.75) is 0 Å². The molecule has 0 N–H and O–H groups in total. The zero-order chi connectivity index (χ0) is 16.2. The van der Waals surface area contributed by atoms with Crippen LogP contribution in [0.5, 0.6) is 5.75 Å². The Morgan fingerprint density at radius 1 is 1.09 bits per heavy atom. The van der Waals surface area contributed by atoms with Gasteiger partial charge < -0.3 is 13.9 Å². The molecule has 1 aromatic heterocycles. The summed E-state index contributed by atoms with van der Waals surface area (Å²) in [5, 5.41) is 0.395. The third-order valence-electron chi connectivity index (χ3n) is 3.34. The molecule has 0 saturated carbocycles. The molecule has 0 saturated heterocycles. The highest BCUT2D eigenvalue weighted by atomic mass is 16.6. The van der Waals surface area contributed by atoms with Gasteiger partial charge in [0.05, 0.1) is 12.5 Å². The quantitative estimate of drug-likeness (QED) is 0.693. The fourth-order valence-electron chi connectivity index (χ4n) is 2.17. The lowest BCUT2D eigenvalue weighted by atomic mass is 10.1. The van der Waals surface area contributed by atoms with Crippen LogP contribution < -0.4 is 10.2 Å². The molecule has 116 valence electrons. The molecule has 23 heavy (non-hydrogen) atoms. The van der Waals surface area contributed by atoms with Crippen LogP contribution in [0.25, 0.3) is 22.3 Å². The van der Waals surface area contributed by atoms with Crippen LogP contribution in [0.2, 0.25) is 0 Å². The molecule has 1 heterocycles. The number of hydrogen-bond donors (Lipinski definition) is 0. The number of benzene rings is 2. The van der Waals surface area contributed by atoms with Crippen molar-refractivity contribution < 1.29 is 18.7 Å². The highest BCUT2D eigenvalue weighted by molar-refractivity contribution is 5.80. The van der Waals surface area contributed by atoms with Crippen LogP contribution >= 0.6 is 0 Å². The molecule has 0 aliphatic carbocycles. The average Bonchev–Trinajstić information content (AvgIpc) is 2.60. The van der Waals surface area contributed by atoms with Gasteiger partial charge in [0, 0.05) is 11.6 Å². The summed E-state index contributed by atoms with van der Waals surface area (Å²) in [7, 11) is 1.28. The first-order chi connectivity index (χ1) is 11.2. The zero-order valence-corrected chi connectivity index (χ0v) is 12.4. The van der Waals surface area contributed by atoms with Gasteiger partial charge in [-0.1, -0.05) is 30.3 Å². The third kappa shape index (κ3) is 3.23. The summed E-state index contributed by atoms with van der Waals surface area (Å²) in [6.07, 6.45) is 0. The van der Waals surface area contributed by atoms with Crippen LogP contribution in [0.1, 0.15) is 0 Å². The molecule has 0 fully saturated rings. The van der Waals surface area contributed by atoms with Gasteiger partial charge in [-0.3, -0.25) is 4.79 Å². The maximum absolute atomic E-state index is 12.3. The summed E-state index contributed by atoms with van der Waals surface area (Å²) in [6, 6.07) is 15.7. The second-order valence-electron chi connectivity index (χ2n) is 4.86. The van der Waals surface area contributed by atoms with E-state index in [4.69, 9.17) is 9.15 Å². The predicted octanol–water partition coefficient (Wildman–Crippen LogP) is 3.01. The van der Waals surface area contributed by atoms with Gasteiger partial charge in [0.15, 0.2) is 12.0 Å². The van der Waals surface area contributed by atoms with Crippen LogP contribution in [-0.4, -0.2) is 19.7 Å². The van der Waals surface area contributed by atoms with E-state index in [1.54, 1.807) is 18.2 Å². The minimum atomic E-state index is -0.489. The molecular formula is C18H14O5. The van der Waals surface area contributed by atoms with Crippen molar-refractivity contribution in [2.24, 2.45) is 0 Å². The van der Waals surface area contributed by atoms with Crippen LogP contribution in [0.3, 0.4) is 0 Å². The Morgan fingerprint density at radius 2 is 1.87 bits per heavy atom. The van der Waals surface area contributed by atoms with Crippen molar-refractivity contribution in [3.63, 3.8) is 0 Å². The summed E-state index contributed by atoms with van der Waals surface area (Å²) in [6.45, 7) is -0.213. The Balaban J connectivity index is 1.97. The van der Waals surface area contributed by atoms with Crippen molar-refractivity contribution in [1.29, 1.82) is 0 Å². The summed E-state index contributed by atoms with van der Waals surface area (Å²) >= 11 is 0. The van der Waals surface area contributed by atoms with E-state index in [9.17, 15) is 9.59 Å². The molecule has 3 aromatic rings. The Morgan fingerprint density at radius 3 is 2.61 bits per heavy atom. The van der Waals surface area contributed by atoms with Crippen molar-refractivity contribution >= 4 is 16.9 Å². The standard InChI is InChI=1S/C18H14O5/c1-21-18(20)11-22-13-7-8-16-14(9-13)15(19)10-17(23-16)12-5-3-2-4-6-12/h2-10H,11H2,1H3. The maximum atomic E-state index is 12.3. The maximum Gasteiger partial charge on any atom is 0.343 e. The molecule has 5 nitrogen and oxygen atoms in total. The van der Waals surface area contributed by atoms with Crippen molar-refractivity contribution in [3.8, 4) is 17.1 Å². The van der Waals surface area contributed by atoms with E-state index in [0.717, 1.165) is 5.56 Å². The van der Waals surface area contributed by atoms with Gasteiger partial charge in [-0.15, -0.1) is 0 Å². The molecule has 0 unspecified atom stereocenters. The van der Waals surface area contributed by atoms with Crippen molar-refractivity contribution in [1.82, 2.24) is 0 Å². The third-order valence-corrected chi connectivity index (χ3v) is 3.34. The van der Waals surface area contributed by atoms with E-state index in [2.05, 4.69) is 4.74 Å². The van der Waals surface area contributed by atoms with Crippen LogP contribution in [0.4, 0.5) is 0 Å². The number of hydrogen-bond acceptors (Lipinski definition) is 5. The first kappa shape index (κ1) is 14.8. The molecule has 0 bridgehead atoms. The molecule has 0 aliphatic heterocycles. The minimum Gasteiger partial charge on any atom is -0.482 e. The van der Waals surface area contributed by atoms with Crippen LogP contribution in [-0.2, 0) is 9.53 Å². The monoisotopic (exact) mass is 310 g/mol. The van der Waals surface area contributed by atoms with Gasteiger partial charge >= 0.3 is 5.97 Å². The fourth-order valence-corrected chi connectivity index (χ4v) is 2.17. The second-order valence-corrected chi connectivity index (χ2v) is 4.86. The fraction of sp³-hybridized carbons (Fsp3) is 0.111. The number of ether oxygens (including phenoxy) is 2. The largest absolute Gasteiger partial charge is 0.482 e. The van der Waals surface area contributed by atoms with Crippen molar-refractivity contribution in [2.75, 3.05) is 13.7 Å². The Kier molecular flexibility index (Phi) is 4.10. The first-order valence-corrected chi connectivity index (χ1v) is 7.00. The molecular weight excluding hydrogens is 296 g/mol. The lowest BCUT2D eigenvalue weighted by Crippen LogP contribution is -2.12. The number of fused-ring (bicyclic) bond motifs is 1. The number of esters is 1. The highest BCUT2D eigenvalue weighted by Crippen LogP contribution is 2.24. The normalized spacial score (nSPS) is 10.5. The summed E-state index contributed by atoms with van der Waals surface area (Å²) < 4.78 is 15.6. The number of methoxy groups -OCH3 is 1. The van der Waals surface area contributed by atoms with Gasteiger partial charge in [-0.05, 0) is 18.2 Å². The van der Waals surface area contributed by atoms with E-state index < -0.39 is 5.97 Å². The van der Waals surface area contributed by atoms with E-state index in [-0.39, 0.29) is 12.0 Å². The summed E-state index contributed by atoms with van der Waals surface area (Å²) in [5.41, 5.74) is 1.12. The molecule has 0 aliphatic rings. The lowest BCUT2D eigenvalue weighted by molar-refractivity contribution is -0.142. The topological polar surface area (TPSA) is 65.7 Å². The SMILES string of the molecule is COC(=O)COc1ccc2oc(-c3ccccc3)cc(=O)c2c1. The van der Waals surface area contributed by atoms with Gasteiger partial charge in [-0.25, -0.2) is 4.79 Å². The average molecular weight is 310 g/mol. The number of carbonyl (C=O) groups is 1. The lowest BCUT2D eigenvalue weighted by Gasteiger charge is -2.07. The smallest absolute Gasteiger partial charge is 0.343 e. The van der Waals surface area contributed by atoms with E-state index in [1.165, 1.54) is 13.2 Å². The highest BCUT2D eigenvalue weighted by Gasteiger charge is 2.09. The molecule has 0 radical (unpaired) electrons. The molecule has 0 spiro atoms. The van der Waals surface area contributed by atoms with Crippen LogP contribution in [0.15, 0.2) is 63.8 Å². The molecule has 0 atom stereocenters. The van der Waals surface area contributed by atoms with E-state index >= 15 is 0 Å². The van der Waals surface area contributed by atoms with Gasteiger partial charge in [0.25, 0.3) is 0 Å². The molecule has 3 rings (SSSR count). The zero-order valence-electron chi connectivity index (χ0n) is 12.4. The van der Waals surface area contributed by atoms with E-state index in [1.807, 2.05) is 30.3 Å². The van der Waals surface area contributed by atoms with E-state index in [0.29, 0.717) is 22.5 Å². The minimum absolute atomic E-state index is 0.173.